The van der Waals surface area contributed by atoms with E-state index in [1.807, 2.05) is 6.07 Å². The maximum absolute atomic E-state index is 5.99. The quantitative estimate of drug-likeness (QED) is 0.328. The van der Waals surface area contributed by atoms with Crippen LogP contribution in [0.2, 0.25) is 0 Å². The average Bonchev–Trinajstić information content (AvgIpc) is 2.74. The monoisotopic (exact) mass is 507 g/mol. The van der Waals surface area contributed by atoms with Gasteiger partial charge in [-0.05, 0) is 29.7 Å². The zero-order valence-electron chi connectivity index (χ0n) is 17.4. The molecule has 1 heterocycles. The van der Waals surface area contributed by atoms with Crippen molar-refractivity contribution < 1.29 is 0 Å². The molecule has 0 unspecified atom stereocenters. The van der Waals surface area contributed by atoms with Crippen LogP contribution >= 0.6 is 24.0 Å². The average molecular weight is 507 g/mol. The summed E-state index contributed by atoms with van der Waals surface area (Å²) in [6, 6.07) is 19.2. The normalized spacial score (nSPS) is 15.7. The van der Waals surface area contributed by atoms with Gasteiger partial charge in [-0.25, -0.2) is 4.99 Å². The highest BCUT2D eigenvalue weighted by molar-refractivity contribution is 14.0. The van der Waals surface area contributed by atoms with E-state index in [9.17, 15) is 0 Å². The van der Waals surface area contributed by atoms with Crippen LogP contribution in [0.1, 0.15) is 23.6 Å². The zero-order chi connectivity index (χ0) is 19.6. The van der Waals surface area contributed by atoms with Crippen molar-refractivity contribution in [2.45, 2.75) is 26.4 Å². The van der Waals surface area contributed by atoms with Crippen LogP contribution in [0.4, 0.5) is 0 Å². The summed E-state index contributed by atoms with van der Waals surface area (Å²) in [6.45, 7) is 10.5. The molecule has 0 spiro atoms. The number of nitrogens with one attached hydrogen (secondary N) is 1. The number of halogens is 1. The number of rotatable bonds is 8. The van der Waals surface area contributed by atoms with Crippen molar-refractivity contribution in [3.05, 3.63) is 71.3 Å². The molecule has 0 bridgehead atoms. The lowest BCUT2D eigenvalue weighted by Gasteiger charge is -2.34. The van der Waals surface area contributed by atoms with Crippen molar-refractivity contribution in [2.24, 2.45) is 10.7 Å². The molecule has 158 valence electrons. The van der Waals surface area contributed by atoms with Crippen molar-refractivity contribution >= 4 is 29.9 Å². The van der Waals surface area contributed by atoms with Crippen molar-refractivity contribution in [3.63, 3.8) is 0 Å². The summed E-state index contributed by atoms with van der Waals surface area (Å²) in [5, 5.41) is 3.19. The van der Waals surface area contributed by atoms with Gasteiger partial charge in [-0.2, -0.15) is 0 Å². The third-order valence-electron chi connectivity index (χ3n) is 5.34. The van der Waals surface area contributed by atoms with Gasteiger partial charge in [-0.3, -0.25) is 4.90 Å². The summed E-state index contributed by atoms with van der Waals surface area (Å²) in [6.07, 6.45) is 0.943. The van der Waals surface area contributed by atoms with Gasteiger partial charge < -0.3 is 16.0 Å². The van der Waals surface area contributed by atoms with Crippen LogP contribution in [0, 0.1) is 0 Å². The summed E-state index contributed by atoms with van der Waals surface area (Å²) in [4.78, 5) is 9.50. The third kappa shape index (κ3) is 8.32. The molecule has 5 nitrogen and oxygen atoms in total. The van der Waals surface area contributed by atoms with Crippen LogP contribution in [0.5, 0.6) is 0 Å². The smallest absolute Gasteiger partial charge is 0.188 e. The van der Waals surface area contributed by atoms with E-state index in [4.69, 9.17) is 5.73 Å². The molecule has 0 aromatic heterocycles. The van der Waals surface area contributed by atoms with Gasteiger partial charge in [-0.1, -0.05) is 61.5 Å². The minimum Gasteiger partial charge on any atom is -0.370 e. The molecule has 29 heavy (non-hydrogen) atoms. The molecule has 0 amide bonds. The highest BCUT2D eigenvalue weighted by atomic mass is 127. The Kier molecular flexibility index (Phi) is 10.5. The van der Waals surface area contributed by atoms with Gasteiger partial charge in [0.2, 0.25) is 0 Å². The Morgan fingerprint density at radius 3 is 2.17 bits per heavy atom. The van der Waals surface area contributed by atoms with Crippen LogP contribution in [0.25, 0.3) is 0 Å². The fourth-order valence-electron chi connectivity index (χ4n) is 3.48. The van der Waals surface area contributed by atoms with E-state index in [0.717, 1.165) is 39.1 Å². The fraction of sp³-hybridized carbons (Fsp3) is 0.435. The minimum atomic E-state index is 0. The molecule has 3 N–H and O–H groups in total. The standard InChI is InChI=1S/C23H33N5.HI/c1-2-27-14-16-28(17-15-27)19-22-10-8-21(9-11-22)18-26-23(24)25-13-12-20-6-4-3-5-7-20;/h3-11H,2,12-19H2,1H3,(H3,24,25,26);1H. The Bertz CT molecular complexity index is 725. The molecule has 6 heteroatoms. The maximum Gasteiger partial charge on any atom is 0.188 e. The van der Waals surface area contributed by atoms with Crippen molar-refractivity contribution in [3.8, 4) is 0 Å². The van der Waals surface area contributed by atoms with E-state index in [1.165, 1.54) is 29.8 Å². The van der Waals surface area contributed by atoms with E-state index < -0.39 is 0 Å². The van der Waals surface area contributed by atoms with Crippen molar-refractivity contribution in [1.82, 2.24) is 15.1 Å². The highest BCUT2D eigenvalue weighted by Crippen LogP contribution is 2.11. The highest BCUT2D eigenvalue weighted by Gasteiger charge is 2.15. The topological polar surface area (TPSA) is 56.9 Å². The van der Waals surface area contributed by atoms with Gasteiger partial charge in [0.05, 0.1) is 6.54 Å². The second-order valence-electron chi connectivity index (χ2n) is 7.39. The number of hydrogen-bond acceptors (Lipinski definition) is 3. The predicted octanol–water partition coefficient (Wildman–Crippen LogP) is 3.09. The summed E-state index contributed by atoms with van der Waals surface area (Å²) in [5.41, 5.74) is 9.85. The number of hydrogen-bond donors (Lipinski definition) is 2. The molecular formula is C23H34IN5. The van der Waals surface area contributed by atoms with E-state index in [0.29, 0.717) is 12.5 Å². The van der Waals surface area contributed by atoms with Crippen LogP contribution < -0.4 is 11.1 Å². The minimum absolute atomic E-state index is 0. The molecule has 1 aliphatic heterocycles. The van der Waals surface area contributed by atoms with Crippen LogP contribution in [-0.2, 0) is 19.5 Å². The number of piperazine rings is 1. The first-order valence-corrected chi connectivity index (χ1v) is 10.3. The van der Waals surface area contributed by atoms with E-state index in [1.54, 1.807) is 0 Å². The molecule has 1 aliphatic rings. The summed E-state index contributed by atoms with van der Waals surface area (Å²) < 4.78 is 0. The Morgan fingerprint density at radius 1 is 0.897 bits per heavy atom. The molecule has 0 aliphatic carbocycles. The third-order valence-corrected chi connectivity index (χ3v) is 5.34. The number of aliphatic imine (C=N–C) groups is 1. The number of likely N-dealkylation sites (N-methyl/N-ethyl adjacent to an activating group) is 1. The molecule has 0 saturated carbocycles. The molecule has 0 atom stereocenters. The first kappa shape index (κ1) is 23.6. The van der Waals surface area contributed by atoms with Gasteiger partial charge in [-0.15, -0.1) is 24.0 Å². The predicted molar refractivity (Wildman–Crippen MR) is 133 cm³/mol. The lowest BCUT2D eigenvalue weighted by Crippen LogP contribution is -2.45. The van der Waals surface area contributed by atoms with Crippen molar-refractivity contribution in [1.29, 1.82) is 0 Å². The van der Waals surface area contributed by atoms with E-state index in [-0.39, 0.29) is 24.0 Å². The number of nitrogens with zero attached hydrogens (tertiary/aromatic N) is 3. The van der Waals surface area contributed by atoms with Gasteiger partial charge in [0.1, 0.15) is 0 Å². The van der Waals surface area contributed by atoms with E-state index >= 15 is 0 Å². The van der Waals surface area contributed by atoms with Gasteiger partial charge in [0.15, 0.2) is 5.96 Å². The van der Waals surface area contributed by atoms with Gasteiger partial charge in [0, 0.05) is 39.3 Å². The Morgan fingerprint density at radius 2 is 1.52 bits per heavy atom. The zero-order valence-corrected chi connectivity index (χ0v) is 19.7. The second kappa shape index (κ2) is 12.8. The fourth-order valence-corrected chi connectivity index (χ4v) is 3.48. The summed E-state index contributed by atoms with van der Waals surface area (Å²) >= 11 is 0. The molecular weight excluding hydrogens is 473 g/mol. The van der Waals surface area contributed by atoms with Crippen LogP contribution in [0.3, 0.4) is 0 Å². The lowest BCUT2D eigenvalue weighted by molar-refractivity contribution is 0.132. The van der Waals surface area contributed by atoms with Crippen LogP contribution in [0.15, 0.2) is 59.6 Å². The summed E-state index contributed by atoms with van der Waals surface area (Å²) in [7, 11) is 0. The summed E-state index contributed by atoms with van der Waals surface area (Å²) in [5.74, 6) is 0.508. The molecule has 2 aromatic carbocycles. The Balaban J connectivity index is 0.00000300. The van der Waals surface area contributed by atoms with Gasteiger partial charge >= 0.3 is 0 Å². The second-order valence-corrected chi connectivity index (χ2v) is 7.39. The number of benzene rings is 2. The maximum atomic E-state index is 5.99. The van der Waals surface area contributed by atoms with Gasteiger partial charge in [0.25, 0.3) is 0 Å². The molecule has 1 saturated heterocycles. The van der Waals surface area contributed by atoms with E-state index in [2.05, 4.69) is 75.6 Å². The molecule has 3 rings (SSSR count). The molecule has 0 radical (unpaired) electrons. The Hall–Kier alpha value is -1.64. The van der Waals surface area contributed by atoms with Crippen LogP contribution in [-0.4, -0.2) is 55.0 Å². The number of nitrogens with two attached hydrogens (primary N) is 1. The van der Waals surface area contributed by atoms with Crippen molar-refractivity contribution in [2.75, 3.05) is 39.3 Å². The largest absolute Gasteiger partial charge is 0.370 e. The SMILES string of the molecule is CCN1CCN(Cc2ccc(CN=C(N)NCCc3ccccc3)cc2)CC1.I. The molecule has 1 fully saturated rings. The lowest BCUT2D eigenvalue weighted by atomic mass is 10.1. The first-order chi connectivity index (χ1) is 13.7. The Labute approximate surface area is 192 Å². The molecule has 2 aromatic rings. The first-order valence-electron chi connectivity index (χ1n) is 10.3. The number of guanidine groups is 1.